The van der Waals surface area contributed by atoms with Crippen LogP contribution in [0, 0.1) is 11.3 Å². The molecule has 1 aromatic heterocycles. The molecule has 3 rings (SSSR count). The van der Waals surface area contributed by atoms with Crippen molar-refractivity contribution >= 4 is 0 Å². The van der Waals surface area contributed by atoms with E-state index in [0.29, 0.717) is 13.1 Å². The van der Waals surface area contributed by atoms with E-state index in [1.165, 1.54) is 12.1 Å². The average Bonchev–Trinajstić information content (AvgIpc) is 2.90. The molecule has 22 heavy (non-hydrogen) atoms. The van der Waals surface area contributed by atoms with E-state index in [1.54, 1.807) is 12.3 Å². The lowest BCUT2D eigenvalue weighted by atomic mass is 10.00. The second-order valence-electron chi connectivity index (χ2n) is 5.15. The van der Waals surface area contributed by atoms with Crippen LogP contribution in [-0.2, 0) is 25.7 Å². The number of fused-ring (bicyclic) bond motifs is 1. The maximum absolute atomic E-state index is 13.2. The van der Waals surface area contributed by atoms with E-state index in [0.717, 1.165) is 24.1 Å². The zero-order valence-electron chi connectivity index (χ0n) is 11.6. The van der Waals surface area contributed by atoms with Crippen molar-refractivity contribution in [3.05, 3.63) is 52.6 Å². The van der Waals surface area contributed by atoms with Crippen molar-refractivity contribution in [1.82, 2.24) is 14.9 Å². The Morgan fingerprint density at radius 3 is 2.91 bits per heavy atom. The summed E-state index contributed by atoms with van der Waals surface area (Å²) in [6.07, 6.45) is -2.71. The monoisotopic (exact) mass is 306 g/mol. The number of nitriles is 1. The van der Waals surface area contributed by atoms with Gasteiger partial charge < -0.3 is 9.88 Å². The highest BCUT2D eigenvalue weighted by atomic mass is 19.4. The highest BCUT2D eigenvalue weighted by Gasteiger charge is 2.34. The number of hydrogen-bond acceptors (Lipinski definition) is 3. The van der Waals surface area contributed by atoms with Gasteiger partial charge in [0.1, 0.15) is 5.82 Å². The Labute approximate surface area is 125 Å². The van der Waals surface area contributed by atoms with Gasteiger partial charge in [-0.15, -0.1) is 0 Å². The number of alkyl halides is 3. The Kier molecular flexibility index (Phi) is 3.62. The first kappa shape index (κ1) is 14.6. The molecule has 0 amide bonds. The molecular weight excluding hydrogens is 293 g/mol. The molecule has 2 heterocycles. The highest BCUT2D eigenvalue weighted by Crippen LogP contribution is 2.33. The predicted molar refractivity (Wildman–Crippen MR) is 72.9 cm³/mol. The van der Waals surface area contributed by atoms with Gasteiger partial charge in [0.15, 0.2) is 0 Å². The molecule has 1 N–H and O–H groups in total. The van der Waals surface area contributed by atoms with E-state index in [4.69, 9.17) is 5.26 Å². The quantitative estimate of drug-likeness (QED) is 0.927. The molecule has 0 unspecified atom stereocenters. The summed E-state index contributed by atoms with van der Waals surface area (Å²) in [5.41, 5.74) is 0.172. The fraction of sp³-hybridized carbons (Fsp3) is 0.333. The summed E-state index contributed by atoms with van der Waals surface area (Å²) in [5, 5.41) is 12.0. The molecule has 1 aliphatic heterocycles. The zero-order chi connectivity index (χ0) is 15.7. The van der Waals surface area contributed by atoms with E-state index in [-0.39, 0.29) is 17.5 Å². The molecular formula is C15H13F3N4. The Morgan fingerprint density at radius 2 is 2.18 bits per heavy atom. The van der Waals surface area contributed by atoms with E-state index in [2.05, 4.69) is 10.3 Å². The third-order valence-electron chi connectivity index (χ3n) is 3.73. The molecule has 0 aliphatic carbocycles. The standard InChI is InChI=1S/C15H13F3N4/c16-15(17,18)13-5-10(7-19)1-2-11(13)6-12-8-21-14-9-20-3-4-22(12)14/h1-2,5,8,20H,3-4,6,9H2. The van der Waals surface area contributed by atoms with E-state index >= 15 is 0 Å². The number of nitrogens with one attached hydrogen (secondary N) is 1. The largest absolute Gasteiger partial charge is 0.416 e. The first-order valence-corrected chi connectivity index (χ1v) is 6.83. The van der Waals surface area contributed by atoms with Crippen LogP contribution in [0.1, 0.15) is 28.2 Å². The summed E-state index contributed by atoms with van der Waals surface area (Å²) in [7, 11) is 0. The van der Waals surface area contributed by atoms with Crippen molar-refractivity contribution in [2.24, 2.45) is 0 Å². The van der Waals surface area contributed by atoms with E-state index < -0.39 is 11.7 Å². The highest BCUT2D eigenvalue weighted by molar-refractivity contribution is 5.41. The minimum atomic E-state index is -4.48. The predicted octanol–water partition coefficient (Wildman–Crippen LogP) is 2.47. The van der Waals surface area contributed by atoms with Gasteiger partial charge in [0.25, 0.3) is 0 Å². The summed E-state index contributed by atoms with van der Waals surface area (Å²) in [6, 6.07) is 5.45. The third kappa shape index (κ3) is 2.70. The topological polar surface area (TPSA) is 53.6 Å². The molecule has 2 aromatic rings. The summed E-state index contributed by atoms with van der Waals surface area (Å²) in [6.45, 7) is 2.09. The van der Waals surface area contributed by atoms with Gasteiger partial charge in [-0.3, -0.25) is 0 Å². The molecule has 1 aliphatic rings. The van der Waals surface area contributed by atoms with Gasteiger partial charge in [-0.1, -0.05) is 6.07 Å². The van der Waals surface area contributed by atoms with Crippen molar-refractivity contribution in [2.75, 3.05) is 6.54 Å². The van der Waals surface area contributed by atoms with Gasteiger partial charge in [0.05, 0.1) is 23.7 Å². The fourth-order valence-corrected chi connectivity index (χ4v) is 2.66. The lowest BCUT2D eigenvalue weighted by Crippen LogP contribution is -2.29. The molecule has 114 valence electrons. The Balaban J connectivity index is 1.99. The smallest absolute Gasteiger partial charge is 0.329 e. The number of hydrogen-bond donors (Lipinski definition) is 1. The second kappa shape index (κ2) is 5.46. The summed E-state index contributed by atoms with van der Waals surface area (Å²) >= 11 is 0. The number of aromatic nitrogens is 2. The van der Waals surface area contributed by atoms with Crippen LogP contribution >= 0.6 is 0 Å². The first-order chi connectivity index (χ1) is 10.5. The lowest BCUT2D eigenvalue weighted by Gasteiger charge is -2.18. The van der Waals surface area contributed by atoms with Gasteiger partial charge in [0.2, 0.25) is 0 Å². The maximum Gasteiger partial charge on any atom is 0.416 e. The van der Waals surface area contributed by atoms with Crippen LogP contribution in [0.25, 0.3) is 0 Å². The molecule has 0 radical (unpaired) electrons. The van der Waals surface area contributed by atoms with Crippen molar-refractivity contribution in [1.29, 1.82) is 5.26 Å². The van der Waals surface area contributed by atoms with Crippen molar-refractivity contribution in [3.63, 3.8) is 0 Å². The van der Waals surface area contributed by atoms with Gasteiger partial charge in [0, 0.05) is 31.4 Å². The van der Waals surface area contributed by atoms with Gasteiger partial charge in [-0.05, 0) is 17.7 Å². The Bertz CT molecular complexity index is 740. The Morgan fingerprint density at radius 1 is 1.36 bits per heavy atom. The van der Waals surface area contributed by atoms with Crippen molar-refractivity contribution in [3.8, 4) is 6.07 Å². The molecule has 7 heteroatoms. The molecule has 0 fully saturated rings. The van der Waals surface area contributed by atoms with Crippen LogP contribution in [-0.4, -0.2) is 16.1 Å². The number of nitrogens with zero attached hydrogens (tertiary/aromatic N) is 3. The van der Waals surface area contributed by atoms with Crippen LogP contribution in [0.3, 0.4) is 0 Å². The SMILES string of the molecule is N#Cc1ccc(Cc2cnc3n2CCNC3)c(C(F)(F)F)c1. The summed E-state index contributed by atoms with van der Waals surface area (Å²) in [4.78, 5) is 4.25. The van der Waals surface area contributed by atoms with Crippen LogP contribution < -0.4 is 5.32 Å². The summed E-state index contributed by atoms with van der Waals surface area (Å²) < 4.78 is 41.5. The van der Waals surface area contributed by atoms with Gasteiger partial charge >= 0.3 is 6.18 Å². The number of imidazole rings is 1. The maximum atomic E-state index is 13.2. The average molecular weight is 306 g/mol. The normalized spacial score (nSPS) is 14.5. The minimum absolute atomic E-state index is 0.00980. The van der Waals surface area contributed by atoms with Gasteiger partial charge in [-0.2, -0.15) is 18.4 Å². The lowest BCUT2D eigenvalue weighted by molar-refractivity contribution is -0.138. The first-order valence-electron chi connectivity index (χ1n) is 6.83. The van der Waals surface area contributed by atoms with Crippen LogP contribution in [0.2, 0.25) is 0 Å². The van der Waals surface area contributed by atoms with E-state index in [1.807, 2.05) is 4.57 Å². The molecule has 0 spiro atoms. The van der Waals surface area contributed by atoms with Crippen molar-refractivity contribution in [2.45, 2.75) is 25.7 Å². The molecule has 4 nitrogen and oxygen atoms in total. The number of rotatable bonds is 2. The van der Waals surface area contributed by atoms with E-state index in [9.17, 15) is 13.2 Å². The zero-order valence-corrected chi connectivity index (χ0v) is 11.6. The Hall–Kier alpha value is -2.33. The van der Waals surface area contributed by atoms with Crippen LogP contribution in [0.4, 0.5) is 13.2 Å². The number of halogens is 3. The summed E-state index contributed by atoms with van der Waals surface area (Å²) in [5.74, 6) is 0.837. The van der Waals surface area contributed by atoms with Gasteiger partial charge in [-0.25, -0.2) is 4.98 Å². The van der Waals surface area contributed by atoms with Crippen LogP contribution in [0.15, 0.2) is 24.4 Å². The molecule has 1 aromatic carbocycles. The second-order valence-corrected chi connectivity index (χ2v) is 5.15. The molecule has 0 atom stereocenters. The molecule has 0 saturated carbocycles. The third-order valence-corrected chi connectivity index (χ3v) is 3.73. The number of benzene rings is 1. The van der Waals surface area contributed by atoms with Crippen molar-refractivity contribution < 1.29 is 13.2 Å². The molecule has 0 bridgehead atoms. The molecule has 0 saturated heterocycles. The minimum Gasteiger partial charge on any atom is -0.329 e. The fourth-order valence-electron chi connectivity index (χ4n) is 2.66. The van der Waals surface area contributed by atoms with Crippen LogP contribution in [0.5, 0.6) is 0 Å².